The van der Waals surface area contributed by atoms with Crippen LogP contribution in [-0.4, -0.2) is 34.2 Å². The van der Waals surface area contributed by atoms with Crippen molar-refractivity contribution in [2.24, 2.45) is 10.2 Å². The Bertz CT molecular complexity index is 1570. The first-order chi connectivity index (χ1) is 21.1. The van der Waals surface area contributed by atoms with Gasteiger partial charge in [-0.25, -0.2) is 10.9 Å². The topological polar surface area (TPSA) is 112 Å². The minimum absolute atomic E-state index is 0.264. The smallest absolute Gasteiger partial charge is 0.271 e. The van der Waals surface area contributed by atoms with Gasteiger partial charge in [-0.2, -0.15) is 10.2 Å². The molecule has 0 aliphatic carbocycles. The Balaban J connectivity index is 1.46. The molecule has 0 atom stereocenters. The molecular formula is C34H29N7O2. The first kappa shape index (κ1) is 28.6. The number of benzene rings is 3. The zero-order chi connectivity index (χ0) is 29.7. The second-order valence-electron chi connectivity index (χ2n) is 9.50. The predicted octanol–water partition coefficient (Wildman–Crippen LogP) is 5.21. The van der Waals surface area contributed by atoms with E-state index in [1.54, 1.807) is 48.8 Å². The molecule has 9 nitrogen and oxygen atoms in total. The Hall–Kier alpha value is -5.96. The molecule has 2 aromatic heterocycles. The maximum Gasteiger partial charge on any atom is 0.271 e. The van der Waals surface area contributed by atoms with Crippen molar-refractivity contribution in [2.45, 2.75) is 13.1 Å². The molecule has 212 valence electrons. The number of carbonyl (C=O) groups is 2. The van der Waals surface area contributed by atoms with Gasteiger partial charge in [0.25, 0.3) is 11.8 Å². The summed E-state index contributed by atoms with van der Waals surface area (Å²) in [5.74, 6) is -0.945. The summed E-state index contributed by atoms with van der Waals surface area (Å²) in [5.41, 5.74) is 9.67. The van der Waals surface area contributed by atoms with Gasteiger partial charge in [0.05, 0.1) is 23.8 Å². The van der Waals surface area contributed by atoms with Gasteiger partial charge in [0.2, 0.25) is 0 Å². The van der Waals surface area contributed by atoms with E-state index in [2.05, 4.69) is 35.9 Å². The lowest BCUT2D eigenvalue weighted by atomic mass is 10.1. The highest BCUT2D eigenvalue weighted by Gasteiger charge is 2.17. The predicted molar refractivity (Wildman–Crippen MR) is 168 cm³/mol. The molecule has 0 unspecified atom stereocenters. The van der Waals surface area contributed by atoms with E-state index in [4.69, 9.17) is 0 Å². The molecule has 5 rings (SSSR count). The second-order valence-corrected chi connectivity index (χ2v) is 9.50. The summed E-state index contributed by atoms with van der Waals surface area (Å²) in [6.45, 7) is 1.11. The summed E-state index contributed by atoms with van der Waals surface area (Å²) >= 11 is 0. The normalized spacial score (nSPS) is 11.0. The number of aromatic nitrogens is 2. The van der Waals surface area contributed by atoms with Crippen LogP contribution in [0.4, 0.5) is 5.69 Å². The number of hydrogen-bond donors (Lipinski definition) is 2. The van der Waals surface area contributed by atoms with Crippen LogP contribution in [0.1, 0.15) is 43.2 Å². The van der Waals surface area contributed by atoms with Crippen LogP contribution in [-0.2, 0) is 13.1 Å². The number of nitrogens with zero attached hydrogens (tertiary/aromatic N) is 5. The molecule has 0 saturated heterocycles. The maximum absolute atomic E-state index is 13.3. The highest BCUT2D eigenvalue weighted by molar-refractivity contribution is 6.01. The highest BCUT2D eigenvalue weighted by Crippen LogP contribution is 2.24. The van der Waals surface area contributed by atoms with Crippen molar-refractivity contribution in [3.8, 4) is 0 Å². The minimum Gasteiger partial charge on any atom is -0.363 e. The molecule has 2 heterocycles. The maximum atomic E-state index is 13.3. The summed E-state index contributed by atoms with van der Waals surface area (Å²) in [5, 5.41) is 8.11. The first-order valence-corrected chi connectivity index (χ1v) is 13.6. The van der Waals surface area contributed by atoms with Crippen molar-refractivity contribution in [3.05, 3.63) is 161 Å². The minimum atomic E-state index is -0.473. The fourth-order valence-corrected chi connectivity index (χ4v) is 4.25. The molecule has 5 aromatic rings. The number of carbonyl (C=O) groups excluding carboxylic acids is 2. The van der Waals surface area contributed by atoms with Crippen molar-refractivity contribution >= 4 is 29.9 Å². The summed E-state index contributed by atoms with van der Waals surface area (Å²) in [4.78, 5) is 37.0. The molecule has 2 N–H and O–H groups in total. The molecule has 9 heteroatoms. The van der Waals surface area contributed by atoms with Crippen LogP contribution in [0.2, 0.25) is 0 Å². The van der Waals surface area contributed by atoms with Gasteiger partial charge in [-0.3, -0.25) is 19.6 Å². The monoisotopic (exact) mass is 567 g/mol. The van der Waals surface area contributed by atoms with Gasteiger partial charge in [0, 0.05) is 42.3 Å². The van der Waals surface area contributed by atoms with Crippen molar-refractivity contribution in [2.75, 3.05) is 4.90 Å². The summed E-state index contributed by atoms with van der Waals surface area (Å²) in [6, 6.07) is 35.9. The molecule has 0 fully saturated rings. The molecule has 0 saturated carbocycles. The lowest BCUT2D eigenvalue weighted by Crippen LogP contribution is -2.25. The number of pyridine rings is 2. The van der Waals surface area contributed by atoms with E-state index >= 15 is 0 Å². The Kier molecular flexibility index (Phi) is 9.70. The second kappa shape index (κ2) is 14.6. The standard InChI is InChI=1S/C34H29N7O2/c42-33(39-37-22-30-15-7-9-17-35-30)28-19-29(34(43)40-38-23-31-16-8-10-18-36-31)21-32(20-28)41(24-26-11-3-1-4-12-26)25-27-13-5-2-6-14-27/h1-23H,24-25H2,(H,39,42)(H,40,43)/b37-22+,38-23+. The number of hydrogen-bond acceptors (Lipinski definition) is 7. The van der Waals surface area contributed by atoms with Gasteiger partial charge in [0.1, 0.15) is 0 Å². The van der Waals surface area contributed by atoms with Crippen LogP contribution < -0.4 is 15.8 Å². The molecule has 0 spiro atoms. The van der Waals surface area contributed by atoms with Gasteiger partial charge in [0.15, 0.2) is 0 Å². The summed E-state index contributed by atoms with van der Waals surface area (Å²) < 4.78 is 0. The molecular weight excluding hydrogens is 538 g/mol. The zero-order valence-corrected chi connectivity index (χ0v) is 23.2. The van der Waals surface area contributed by atoms with E-state index in [-0.39, 0.29) is 11.1 Å². The zero-order valence-electron chi connectivity index (χ0n) is 23.2. The van der Waals surface area contributed by atoms with Crippen LogP contribution in [0.25, 0.3) is 0 Å². The van der Waals surface area contributed by atoms with Gasteiger partial charge in [-0.1, -0.05) is 72.8 Å². The lowest BCUT2D eigenvalue weighted by Gasteiger charge is -2.26. The van der Waals surface area contributed by atoms with Gasteiger partial charge in [-0.05, 0) is 53.6 Å². The molecule has 43 heavy (non-hydrogen) atoms. The average Bonchev–Trinajstić information content (AvgIpc) is 3.06. The van der Waals surface area contributed by atoms with Crippen molar-refractivity contribution in [3.63, 3.8) is 0 Å². The van der Waals surface area contributed by atoms with E-state index in [0.29, 0.717) is 30.2 Å². The third kappa shape index (κ3) is 8.51. The van der Waals surface area contributed by atoms with E-state index in [9.17, 15) is 9.59 Å². The molecule has 0 bridgehead atoms. The largest absolute Gasteiger partial charge is 0.363 e. The van der Waals surface area contributed by atoms with Gasteiger partial charge >= 0.3 is 0 Å². The molecule has 2 amide bonds. The third-order valence-corrected chi connectivity index (χ3v) is 6.34. The van der Waals surface area contributed by atoms with E-state index in [1.165, 1.54) is 18.5 Å². The Morgan fingerprint density at radius 1 is 0.605 bits per heavy atom. The number of amides is 2. The number of nitrogens with one attached hydrogen (secondary N) is 2. The van der Waals surface area contributed by atoms with Crippen LogP contribution in [0.3, 0.4) is 0 Å². The summed E-state index contributed by atoms with van der Waals surface area (Å²) in [6.07, 6.45) is 6.20. The molecule has 0 aliphatic rings. The first-order valence-electron chi connectivity index (χ1n) is 13.6. The van der Waals surface area contributed by atoms with Gasteiger partial charge < -0.3 is 4.90 Å². The molecule has 0 aliphatic heterocycles. The lowest BCUT2D eigenvalue weighted by molar-refractivity contribution is 0.0954. The van der Waals surface area contributed by atoms with Crippen LogP contribution in [0.5, 0.6) is 0 Å². The SMILES string of the molecule is O=C(N/N=C/c1ccccn1)c1cc(C(=O)N/N=C/c2ccccn2)cc(N(Cc2ccccc2)Cc2ccccc2)c1. The summed E-state index contributed by atoms with van der Waals surface area (Å²) in [7, 11) is 0. The number of anilines is 1. The number of hydrazone groups is 2. The van der Waals surface area contributed by atoms with Crippen LogP contribution >= 0.6 is 0 Å². The fraction of sp³-hybridized carbons (Fsp3) is 0.0588. The third-order valence-electron chi connectivity index (χ3n) is 6.34. The Morgan fingerprint density at radius 2 is 1.05 bits per heavy atom. The van der Waals surface area contributed by atoms with Crippen LogP contribution in [0.15, 0.2) is 138 Å². The highest BCUT2D eigenvalue weighted by atomic mass is 16.2. The Morgan fingerprint density at radius 3 is 1.47 bits per heavy atom. The number of rotatable bonds is 11. The van der Waals surface area contributed by atoms with Gasteiger partial charge in [-0.15, -0.1) is 0 Å². The quantitative estimate of drug-likeness (QED) is 0.168. The van der Waals surface area contributed by atoms with E-state index in [1.807, 2.05) is 72.8 Å². The van der Waals surface area contributed by atoms with E-state index in [0.717, 1.165) is 11.1 Å². The van der Waals surface area contributed by atoms with E-state index < -0.39 is 11.8 Å². The van der Waals surface area contributed by atoms with Crippen molar-refractivity contribution in [1.82, 2.24) is 20.8 Å². The van der Waals surface area contributed by atoms with Crippen molar-refractivity contribution in [1.29, 1.82) is 0 Å². The average molecular weight is 568 g/mol. The molecule has 3 aromatic carbocycles. The fourth-order valence-electron chi connectivity index (χ4n) is 4.25. The Labute approximate surface area is 249 Å². The van der Waals surface area contributed by atoms with Crippen molar-refractivity contribution < 1.29 is 9.59 Å². The van der Waals surface area contributed by atoms with Crippen LogP contribution in [0, 0.1) is 0 Å². The molecule has 0 radical (unpaired) electrons.